The van der Waals surface area contributed by atoms with E-state index in [2.05, 4.69) is 10.6 Å². The lowest BCUT2D eigenvalue weighted by Crippen LogP contribution is -2.04. The number of nitrogens with zero attached hydrogens (tertiary/aromatic N) is 1. The fourth-order valence-corrected chi connectivity index (χ4v) is 1.09. The van der Waals surface area contributed by atoms with Gasteiger partial charge in [0.15, 0.2) is 0 Å². The van der Waals surface area contributed by atoms with Crippen LogP contribution in [0.1, 0.15) is 0 Å². The number of hydrogen-bond acceptors (Lipinski definition) is 4. The first-order chi connectivity index (χ1) is 7.20. The third kappa shape index (κ3) is 2.27. The quantitative estimate of drug-likeness (QED) is 0.424. The van der Waals surface area contributed by atoms with Gasteiger partial charge in [0.1, 0.15) is 5.69 Å². The molecule has 0 fully saturated rings. The van der Waals surface area contributed by atoms with Gasteiger partial charge in [0, 0.05) is 6.07 Å². The lowest BCUT2D eigenvalue weighted by molar-refractivity contribution is -0.383. The van der Waals surface area contributed by atoms with E-state index in [1.807, 2.05) is 0 Å². The Bertz CT molecular complexity index is 405. The van der Waals surface area contributed by atoms with Crippen molar-refractivity contribution < 1.29 is 14.5 Å². The van der Waals surface area contributed by atoms with Crippen LogP contribution in [-0.2, 0) is 9.59 Å². The summed E-state index contributed by atoms with van der Waals surface area (Å²) < 4.78 is 0. The molecule has 1 aromatic carbocycles. The summed E-state index contributed by atoms with van der Waals surface area (Å²) in [6.45, 7) is 0. The number of nitro groups is 1. The summed E-state index contributed by atoms with van der Waals surface area (Å²) in [7, 11) is 0. The molecule has 7 heteroatoms. The van der Waals surface area contributed by atoms with Crippen LogP contribution in [-0.4, -0.2) is 17.7 Å². The summed E-state index contributed by atoms with van der Waals surface area (Å²) in [5.74, 6) is 0. The molecule has 0 saturated carbocycles. The fourth-order valence-electron chi connectivity index (χ4n) is 1.09. The van der Waals surface area contributed by atoms with Crippen LogP contribution in [0.15, 0.2) is 18.2 Å². The molecule has 1 rings (SSSR count). The topological polar surface area (TPSA) is 101 Å². The Labute approximate surface area is 84.2 Å². The lowest BCUT2D eigenvalue weighted by atomic mass is 10.2. The molecule has 0 unspecified atom stereocenters. The highest BCUT2D eigenvalue weighted by atomic mass is 16.6. The zero-order valence-corrected chi connectivity index (χ0v) is 7.47. The van der Waals surface area contributed by atoms with Crippen molar-refractivity contribution in [1.82, 2.24) is 0 Å². The van der Waals surface area contributed by atoms with Gasteiger partial charge in [-0.05, 0) is 6.07 Å². The van der Waals surface area contributed by atoms with Gasteiger partial charge in [0.2, 0.25) is 12.8 Å². The van der Waals surface area contributed by atoms with Gasteiger partial charge < -0.3 is 10.6 Å². The van der Waals surface area contributed by atoms with Crippen molar-refractivity contribution in [3.8, 4) is 0 Å². The third-order valence-electron chi connectivity index (χ3n) is 1.66. The molecule has 0 atom stereocenters. The standard InChI is InChI=1S/C8H7N3O4/c12-4-9-6-2-1-3-7(11(14)15)8(6)10-5-13/h1-5H,(H,9,12)(H,10,13). The molecule has 78 valence electrons. The monoisotopic (exact) mass is 209 g/mol. The van der Waals surface area contributed by atoms with Crippen LogP contribution >= 0.6 is 0 Å². The van der Waals surface area contributed by atoms with Crippen molar-refractivity contribution in [1.29, 1.82) is 0 Å². The summed E-state index contributed by atoms with van der Waals surface area (Å²) in [5.41, 5.74) is -0.148. The molecule has 0 spiro atoms. The average Bonchev–Trinajstić information content (AvgIpc) is 2.21. The molecule has 0 aliphatic carbocycles. The number of carbonyl (C=O) groups excluding carboxylic acids is 2. The van der Waals surface area contributed by atoms with E-state index in [1.165, 1.54) is 18.2 Å². The number of para-hydroxylation sites is 1. The van der Waals surface area contributed by atoms with E-state index in [4.69, 9.17) is 0 Å². The number of carbonyl (C=O) groups is 2. The molecule has 2 amide bonds. The molecule has 0 aliphatic heterocycles. The maximum absolute atomic E-state index is 10.6. The number of benzene rings is 1. The van der Waals surface area contributed by atoms with E-state index in [0.717, 1.165) is 0 Å². The highest BCUT2D eigenvalue weighted by Crippen LogP contribution is 2.31. The van der Waals surface area contributed by atoms with Gasteiger partial charge in [-0.1, -0.05) is 6.07 Å². The highest BCUT2D eigenvalue weighted by Gasteiger charge is 2.16. The van der Waals surface area contributed by atoms with Crippen molar-refractivity contribution in [2.24, 2.45) is 0 Å². The van der Waals surface area contributed by atoms with Crippen molar-refractivity contribution in [3.05, 3.63) is 28.3 Å². The molecular formula is C8H7N3O4. The average molecular weight is 209 g/mol. The van der Waals surface area contributed by atoms with Gasteiger partial charge in [-0.25, -0.2) is 0 Å². The van der Waals surface area contributed by atoms with Gasteiger partial charge in [0.05, 0.1) is 10.6 Å². The fraction of sp³-hybridized carbons (Fsp3) is 0. The number of rotatable bonds is 5. The minimum Gasteiger partial charge on any atom is -0.327 e. The number of nitro benzene ring substituents is 1. The largest absolute Gasteiger partial charge is 0.327 e. The molecule has 2 N–H and O–H groups in total. The molecule has 7 nitrogen and oxygen atoms in total. The van der Waals surface area contributed by atoms with Crippen LogP contribution in [0, 0.1) is 10.1 Å². The van der Waals surface area contributed by atoms with E-state index in [9.17, 15) is 19.7 Å². The first-order valence-corrected chi connectivity index (χ1v) is 3.88. The molecule has 0 heterocycles. The van der Waals surface area contributed by atoms with Crippen LogP contribution in [0.25, 0.3) is 0 Å². The highest BCUT2D eigenvalue weighted by molar-refractivity contribution is 5.91. The molecule has 0 bridgehead atoms. The van der Waals surface area contributed by atoms with Crippen LogP contribution in [0.4, 0.5) is 17.1 Å². The van der Waals surface area contributed by atoms with Gasteiger partial charge in [-0.3, -0.25) is 19.7 Å². The Morgan fingerprint density at radius 1 is 1.20 bits per heavy atom. The zero-order valence-electron chi connectivity index (χ0n) is 7.47. The van der Waals surface area contributed by atoms with E-state index in [-0.39, 0.29) is 17.1 Å². The smallest absolute Gasteiger partial charge is 0.294 e. The van der Waals surface area contributed by atoms with E-state index in [0.29, 0.717) is 12.8 Å². The predicted octanol–water partition coefficient (Wildman–Crippen LogP) is 0.731. The lowest BCUT2D eigenvalue weighted by Gasteiger charge is -2.06. The first-order valence-electron chi connectivity index (χ1n) is 3.88. The molecule has 0 radical (unpaired) electrons. The third-order valence-corrected chi connectivity index (χ3v) is 1.66. The summed E-state index contributed by atoms with van der Waals surface area (Å²) in [5, 5.41) is 15.0. The second-order valence-corrected chi connectivity index (χ2v) is 2.48. The van der Waals surface area contributed by atoms with Crippen molar-refractivity contribution in [3.63, 3.8) is 0 Å². The van der Waals surface area contributed by atoms with Crippen LogP contribution in [0.5, 0.6) is 0 Å². The normalized spacial score (nSPS) is 9.07. The van der Waals surface area contributed by atoms with Crippen LogP contribution < -0.4 is 10.6 Å². The van der Waals surface area contributed by atoms with Crippen molar-refractivity contribution in [2.75, 3.05) is 10.6 Å². The second kappa shape index (κ2) is 4.70. The first kappa shape index (κ1) is 10.6. The maximum Gasteiger partial charge on any atom is 0.294 e. The molecule has 0 saturated heterocycles. The molecule has 0 aliphatic rings. The Morgan fingerprint density at radius 2 is 1.87 bits per heavy atom. The van der Waals surface area contributed by atoms with Crippen molar-refractivity contribution in [2.45, 2.75) is 0 Å². The predicted molar refractivity (Wildman–Crippen MR) is 52.5 cm³/mol. The summed E-state index contributed by atoms with van der Waals surface area (Å²) >= 11 is 0. The Hall–Kier alpha value is -2.44. The Morgan fingerprint density at radius 3 is 2.40 bits per heavy atom. The van der Waals surface area contributed by atoms with Gasteiger partial charge in [0.25, 0.3) is 5.69 Å². The molecule has 1 aromatic rings. The number of nitrogens with one attached hydrogen (secondary N) is 2. The Balaban J connectivity index is 3.26. The van der Waals surface area contributed by atoms with Gasteiger partial charge in [-0.2, -0.15) is 0 Å². The molecule has 0 aromatic heterocycles. The summed E-state index contributed by atoms with van der Waals surface area (Å²) in [4.78, 5) is 30.4. The Kier molecular flexibility index (Phi) is 3.33. The molecule has 15 heavy (non-hydrogen) atoms. The number of anilines is 2. The summed E-state index contributed by atoms with van der Waals surface area (Å²) in [6, 6.07) is 4.06. The minimum atomic E-state index is -0.651. The van der Waals surface area contributed by atoms with E-state index in [1.54, 1.807) is 0 Å². The van der Waals surface area contributed by atoms with E-state index < -0.39 is 4.92 Å². The van der Waals surface area contributed by atoms with Crippen molar-refractivity contribution >= 4 is 29.9 Å². The second-order valence-electron chi connectivity index (χ2n) is 2.48. The SMILES string of the molecule is O=CNc1cccc([N+](=O)[O-])c1NC=O. The van der Waals surface area contributed by atoms with Crippen LogP contribution in [0.2, 0.25) is 0 Å². The zero-order chi connectivity index (χ0) is 11.3. The maximum atomic E-state index is 10.6. The number of hydrogen-bond donors (Lipinski definition) is 2. The van der Waals surface area contributed by atoms with Gasteiger partial charge >= 0.3 is 0 Å². The number of amides is 2. The van der Waals surface area contributed by atoms with E-state index >= 15 is 0 Å². The van der Waals surface area contributed by atoms with Gasteiger partial charge in [-0.15, -0.1) is 0 Å². The minimum absolute atomic E-state index is 0.0374. The van der Waals surface area contributed by atoms with Crippen LogP contribution in [0.3, 0.4) is 0 Å². The molecular weight excluding hydrogens is 202 g/mol. The summed E-state index contributed by atoms with van der Waals surface area (Å²) in [6.07, 6.45) is 0.674.